The molecule has 0 aromatic carbocycles. The van der Waals surface area contributed by atoms with Crippen LogP contribution in [-0.2, 0) is 6.54 Å². The van der Waals surface area contributed by atoms with Crippen LogP contribution in [0, 0.1) is 12.8 Å². The Hall–Kier alpha value is -1.09. The molecule has 1 fully saturated rings. The zero-order valence-corrected chi connectivity index (χ0v) is 10.5. The van der Waals surface area contributed by atoms with E-state index in [0.29, 0.717) is 0 Å². The van der Waals surface area contributed by atoms with Crippen molar-refractivity contribution in [3.63, 3.8) is 0 Å². The summed E-state index contributed by atoms with van der Waals surface area (Å²) in [7, 11) is 4.11. The minimum atomic E-state index is 0.889. The van der Waals surface area contributed by atoms with Crippen molar-refractivity contribution in [1.29, 1.82) is 0 Å². The van der Waals surface area contributed by atoms with Crippen LogP contribution in [-0.4, -0.2) is 25.6 Å². The lowest BCUT2D eigenvalue weighted by Crippen LogP contribution is -2.22. The Balaban J connectivity index is 2.07. The van der Waals surface area contributed by atoms with Gasteiger partial charge >= 0.3 is 0 Å². The number of hydrogen-bond donors (Lipinski definition) is 1. The van der Waals surface area contributed by atoms with Crippen LogP contribution in [0.5, 0.6) is 0 Å². The second-order valence-corrected chi connectivity index (χ2v) is 4.84. The Labute approximate surface area is 97.9 Å². The molecule has 2 rings (SSSR count). The van der Waals surface area contributed by atoms with E-state index in [4.69, 9.17) is 0 Å². The molecule has 0 aliphatic heterocycles. The van der Waals surface area contributed by atoms with Gasteiger partial charge in [-0.1, -0.05) is 0 Å². The van der Waals surface area contributed by atoms with Gasteiger partial charge in [0.2, 0.25) is 0 Å². The van der Waals surface area contributed by atoms with Gasteiger partial charge < -0.3 is 10.2 Å². The van der Waals surface area contributed by atoms with Crippen LogP contribution >= 0.6 is 0 Å². The molecule has 1 saturated carbocycles. The second kappa shape index (κ2) is 4.83. The summed E-state index contributed by atoms with van der Waals surface area (Å²) >= 11 is 0. The Morgan fingerprint density at radius 3 is 2.81 bits per heavy atom. The van der Waals surface area contributed by atoms with Crippen LogP contribution in [0.1, 0.15) is 24.0 Å². The molecular weight excluding hydrogens is 198 g/mol. The molecule has 1 heterocycles. The molecule has 0 atom stereocenters. The van der Waals surface area contributed by atoms with Gasteiger partial charge in [0.15, 0.2) is 0 Å². The molecule has 1 aromatic rings. The first-order valence-electron chi connectivity index (χ1n) is 6.02. The minimum absolute atomic E-state index is 0.889. The van der Waals surface area contributed by atoms with Crippen molar-refractivity contribution in [2.45, 2.75) is 26.3 Å². The summed E-state index contributed by atoms with van der Waals surface area (Å²) in [6, 6.07) is 2.22. The van der Waals surface area contributed by atoms with E-state index >= 15 is 0 Å². The van der Waals surface area contributed by atoms with E-state index in [9.17, 15) is 0 Å². The predicted molar refractivity (Wildman–Crippen MR) is 67.7 cm³/mol. The molecule has 0 unspecified atom stereocenters. The number of aryl methyl sites for hydroxylation is 1. The average Bonchev–Trinajstić information content (AvgIpc) is 3.02. The fraction of sp³-hybridized carbons (Fsp3) is 0.615. The van der Waals surface area contributed by atoms with Crippen LogP contribution in [0.15, 0.2) is 12.3 Å². The zero-order chi connectivity index (χ0) is 11.5. The van der Waals surface area contributed by atoms with Gasteiger partial charge in [0.1, 0.15) is 5.82 Å². The van der Waals surface area contributed by atoms with Gasteiger partial charge in [0.25, 0.3) is 0 Å². The lowest BCUT2D eigenvalue weighted by molar-refractivity contribution is 0.769. The van der Waals surface area contributed by atoms with Gasteiger partial charge in [-0.2, -0.15) is 0 Å². The third kappa shape index (κ3) is 2.73. The number of nitrogens with zero attached hydrogens (tertiary/aromatic N) is 2. The molecular formula is C13H21N3. The lowest BCUT2D eigenvalue weighted by atomic mass is 10.2. The topological polar surface area (TPSA) is 28.2 Å². The van der Waals surface area contributed by atoms with Crippen molar-refractivity contribution >= 4 is 5.82 Å². The highest BCUT2D eigenvalue weighted by Crippen LogP contribution is 2.31. The van der Waals surface area contributed by atoms with E-state index in [-0.39, 0.29) is 0 Å². The van der Waals surface area contributed by atoms with Crippen molar-refractivity contribution in [3.05, 3.63) is 23.4 Å². The average molecular weight is 219 g/mol. The first-order valence-corrected chi connectivity index (χ1v) is 6.02. The van der Waals surface area contributed by atoms with E-state index in [2.05, 4.69) is 35.2 Å². The van der Waals surface area contributed by atoms with Crippen molar-refractivity contribution in [2.24, 2.45) is 5.92 Å². The molecule has 1 aliphatic rings. The molecule has 1 aromatic heterocycles. The Kier molecular flexibility index (Phi) is 3.44. The highest BCUT2D eigenvalue weighted by atomic mass is 15.2. The molecule has 3 heteroatoms. The quantitative estimate of drug-likeness (QED) is 0.820. The smallest absolute Gasteiger partial charge is 0.131 e. The number of anilines is 1. The van der Waals surface area contributed by atoms with E-state index in [1.807, 2.05) is 13.2 Å². The molecule has 88 valence electrons. The lowest BCUT2D eigenvalue weighted by Gasteiger charge is -2.20. The summed E-state index contributed by atoms with van der Waals surface area (Å²) < 4.78 is 0. The Morgan fingerprint density at radius 2 is 2.25 bits per heavy atom. The summed E-state index contributed by atoms with van der Waals surface area (Å²) in [5.74, 6) is 2.04. The molecule has 0 bridgehead atoms. The molecule has 16 heavy (non-hydrogen) atoms. The van der Waals surface area contributed by atoms with Crippen LogP contribution in [0.25, 0.3) is 0 Å². The fourth-order valence-electron chi connectivity index (χ4n) is 2.10. The molecule has 1 N–H and O–H groups in total. The third-order valence-corrected chi connectivity index (χ3v) is 3.08. The van der Waals surface area contributed by atoms with E-state index in [0.717, 1.165) is 24.8 Å². The van der Waals surface area contributed by atoms with Gasteiger partial charge in [0, 0.05) is 26.3 Å². The fourth-order valence-corrected chi connectivity index (χ4v) is 2.10. The Bertz CT molecular complexity index is 358. The number of nitrogens with one attached hydrogen (secondary N) is 1. The SMILES string of the molecule is CNCc1cnc(N(C)CC2CC2)c(C)c1. The van der Waals surface area contributed by atoms with Crippen LogP contribution in [0.2, 0.25) is 0 Å². The number of rotatable bonds is 5. The van der Waals surface area contributed by atoms with Crippen molar-refractivity contribution in [2.75, 3.05) is 25.5 Å². The van der Waals surface area contributed by atoms with Crippen LogP contribution in [0.3, 0.4) is 0 Å². The van der Waals surface area contributed by atoms with Crippen molar-refractivity contribution in [1.82, 2.24) is 10.3 Å². The maximum absolute atomic E-state index is 4.56. The standard InChI is InChI=1S/C13H21N3/c1-10-6-12(7-14-2)8-15-13(10)16(3)9-11-4-5-11/h6,8,11,14H,4-5,7,9H2,1-3H3. The largest absolute Gasteiger partial charge is 0.359 e. The van der Waals surface area contributed by atoms with Gasteiger partial charge in [-0.05, 0) is 49.9 Å². The predicted octanol–water partition coefficient (Wildman–Crippen LogP) is 1.96. The number of aromatic nitrogens is 1. The minimum Gasteiger partial charge on any atom is -0.359 e. The maximum Gasteiger partial charge on any atom is 0.131 e. The zero-order valence-electron chi connectivity index (χ0n) is 10.5. The van der Waals surface area contributed by atoms with Crippen LogP contribution in [0.4, 0.5) is 5.82 Å². The maximum atomic E-state index is 4.56. The summed E-state index contributed by atoms with van der Waals surface area (Å²) in [6.45, 7) is 4.19. The van der Waals surface area contributed by atoms with Gasteiger partial charge in [-0.25, -0.2) is 4.98 Å². The Morgan fingerprint density at radius 1 is 1.50 bits per heavy atom. The van der Waals surface area contributed by atoms with E-state index in [1.165, 1.54) is 24.0 Å². The van der Waals surface area contributed by atoms with Crippen LogP contribution < -0.4 is 10.2 Å². The normalized spacial score (nSPS) is 15.2. The second-order valence-electron chi connectivity index (χ2n) is 4.84. The van der Waals surface area contributed by atoms with Gasteiger partial charge in [-0.15, -0.1) is 0 Å². The monoisotopic (exact) mass is 219 g/mol. The van der Waals surface area contributed by atoms with Gasteiger partial charge in [-0.3, -0.25) is 0 Å². The van der Waals surface area contributed by atoms with Gasteiger partial charge in [0.05, 0.1) is 0 Å². The summed E-state index contributed by atoms with van der Waals surface area (Å²) in [4.78, 5) is 6.85. The summed E-state index contributed by atoms with van der Waals surface area (Å²) in [5, 5.41) is 3.15. The molecule has 3 nitrogen and oxygen atoms in total. The highest BCUT2D eigenvalue weighted by molar-refractivity contribution is 5.46. The third-order valence-electron chi connectivity index (χ3n) is 3.08. The molecule has 0 radical (unpaired) electrons. The first-order chi connectivity index (χ1) is 7.70. The van der Waals surface area contributed by atoms with E-state index < -0.39 is 0 Å². The van der Waals surface area contributed by atoms with E-state index in [1.54, 1.807) is 0 Å². The molecule has 0 spiro atoms. The first kappa shape index (κ1) is 11.4. The number of hydrogen-bond acceptors (Lipinski definition) is 3. The number of pyridine rings is 1. The molecule has 1 aliphatic carbocycles. The van der Waals surface area contributed by atoms with Crippen molar-refractivity contribution in [3.8, 4) is 0 Å². The van der Waals surface area contributed by atoms with Crippen molar-refractivity contribution < 1.29 is 0 Å². The summed E-state index contributed by atoms with van der Waals surface area (Å²) in [6.07, 6.45) is 4.75. The summed E-state index contributed by atoms with van der Waals surface area (Å²) in [5.41, 5.74) is 2.53. The molecule has 0 saturated heterocycles. The highest BCUT2D eigenvalue weighted by Gasteiger charge is 2.23. The molecule has 0 amide bonds.